The van der Waals surface area contributed by atoms with Crippen LogP contribution in [0.1, 0.15) is 52.4 Å². The molecule has 1 fully saturated rings. The van der Waals surface area contributed by atoms with Crippen LogP contribution in [0.2, 0.25) is 0 Å². The maximum Gasteiger partial charge on any atom is 0.186 e. The summed E-state index contributed by atoms with van der Waals surface area (Å²) in [7, 11) is 0. The van der Waals surface area contributed by atoms with Crippen LogP contribution in [0.3, 0.4) is 0 Å². The zero-order valence-electron chi connectivity index (χ0n) is 12.0. The maximum atomic E-state index is 9.74. The standard InChI is InChI=1S/C14H28O5/c1-3-4-5-6-7-8-9-18-14-13(17)12(16)11(15)10(2)19-14/h10-17H,3-9H2,1-2H3/t10-,11+,12+,13-,14?/m1/s1. The maximum absolute atomic E-state index is 9.74. The second-order valence-electron chi connectivity index (χ2n) is 5.32. The van der Waals surface area contributed by atoms with Gasteiger partial charge in [0.1, 0.15) is 18.3 Å². The van der Waals surface area contributed by atoms with Crippen molar-refractivity contribution in [1.82, 2.24) is 0 Å². The van der Waals surface area contributed by atoms with Gasteiger partial charge in [-0.1, -0.05) is 39.0 Å². The second kappa shape index (κ2) is 8.87. The summed E-state index contributed by atoms with van der Waals surface area (Å²) in [5.41, 5.74) is 0. The van der Waals surface area contributed by atoms with E-state index in [1.54, 1.807) is 6.92 Å². The number of hydrogen-bond acceptors (Lipinski definition) is 5. The summed E-state index contributed by atoms with van der Waals surface area (Å²) in [6, 6.07) is 0. The third kappa shape index (κ3) is 5.36. The molecule has 1 rings (SSSR count). The van der Waals surface area contributed by atoms with Crippen LogP contribution in [0.5, 0.6) is 0 Å². The lowest BCUT2D eigenvalue weighted by Gasteiger charge is -2.38. The first-order valence-corrected chi connectivity index (χ1v) is 7.39. The van der Waals surface area contributed by atoms with E-state index >= 15 is 0 Å². The molecule has 0 aromatic carbocycles. The SMILES string of the molecule is CCCCCCCCOC1O[C@H](C)[C@H](O)[C@H](O)[C@H]1O. The van der Waals surface area contributed by atoms with Crippen molar-refractivity contribution in [2.75, 3.05) is 6.61 Å². The molecule has 1 saturated heterocycles. The van der Waals surface area contributed by atoms with Crippen LogP contribution >= 0.6 is 0 Å². The molecule has 0 aliphatic carbocycles. The van der Waals surface area contributed by atoms with Crippen molar-refractivity contribution < 1.29 is 24.8 Å². The number of unbranched alkanes of at least 4 members (excludes halogenated alkanes) is 5. The fraction of sp³-hybridized carbons (Fsp3) is 1.00. The summed E-state index contributed by atoms with van der Waals surface area (Å²) in [6.07, 6.45) is 2.13. The highest BCUT2D eigenvalue weighted by atomic mass is 16.7. The van der Waals surface area contributed by atoms with E-state index in [-0.39, 0.29) is 0 Å². The minimum Gasteiger partial charge on any atom is -0.388 e. The Morgan fingerprint density at radius 1 is 0.895 bits per heavy atom. The molecule has 3 N–H and O–H groups in total. The summed E-state index contributed by atoms with van der Waals surface area (Å²) < 4.78 is 10.8. The van der Waals surface area contributed by atoms with E-state index in [1.807, 2.05) is 0 Å². The minimum absolute atomic E-state index is 0.503. The molecule has 5 atom stereocenters. The van der Waals surface area contributed by atoms with Crippen LogP contribution in [-0.2, 0) is 9.47 Å². The molecule has 0 saturated carbocycles. The van der Waals surface area contributed by atoms with Gasteiger partial charge in [-0.05, 0) is 13.3 Å². The molecule has 5 heteroatoms. The van der Waals surface area contributed by atoms with Crippen molar-refractivity contribution >= 4 is 0 Å². The van der Waals surface area contributed by atoms with Gasteiger partial charge in [0.05, 0.1) is 6.10 Å². The van der Waals surface area contributed by atoms with E-state index in [0.29, 0.717) is 6.61 Å². The smallest absolute Gasteiger partial charge is 0.186 e. The zero-order valence-corrected chi connectivity index (χ0v) is 12.0. The van der Waals surface area contributed by atoms with Crippen molar-refractivity contribution in [2.45, 2.75) is 83.1 Å². The van der Waals surface area contributed by atoms with Gasteiger partial charge in [-0.25, -0.2) is 0 Å². The van der Waals surface area contributed by atoms with Crippen molar-refractivity contribution in [3.8, 4) is 0 Å². The number of ether oxygens (including phenoxy) is 2. The quantitative estimate of drug-likeness (QED) is 0.580. The Bertz CT molecular complexity index is 236. The topological polar surface area (TPSA) is 79.2 Å². The molecule has 0 bridgehead atoms. The molecule has 0 radical (unpaired) electrons. The zero-order chi connectivity index (χ0) is 14.3. The molecule has 19 heavy (non-hydrogen) atoms. The van der Waals surface area contributed by atoms with E-state index in [0.717, 1.165) is 12.8 Å². The van der Waals surface area contributed by atoms with E-state index in [1.165, 1.54) is 25.7 Å². The molecule has 0 aromatic rings. The Morgan fingerprint density at radius 2 is 1.53 bits per heavy atom. The lowest BCUT2D eigenvalue weighted by molar-refractivity contribution is -0.293. The van der Waals surface area contributed by atoms with Gasteiger partial charge in [0.2, 0.25) is 0 Å². The first-order valence-electron chi connectivity index (χ1n) is 7.39. The van der Waals surface area contributed by atoms with Crippen molar-refractivity contribution in [3.05, 3.63) is 0 Å². The fourth-order valence-electron chi connectivity index (χ4n) is 2.23. The van der Waals surface area contributed by atoms with Crippen LogP contribution in [0.15, 0.2) is 0 Å². The summed E-state index contributed by atoms with van der Waals surface area (Å²) >= 11 is 0. The largest absolute Gasteiger partial charge is 0.388 e. The van der Waals surface area contributed by atoms with E-state index in [4.69, 9.17) is 9.47 Å². The highest BCUT2D eigenvalue weighted by Crippen LogP contribution is 2.22. The Hall–Kier alpha value is -0.200. The molecule has 0 aromatic heterocycles. The molecular weight excluding hydrogens is 248 g/mol. The lowest BCUT2D eigenvalue weighted by atomic mass is 10.00. The van der Waals surface area contributed by atoms with E-state index in [9.17, 15) is 15.3 Å². The van der Waals surface area contributed by atoms with Crippen molar-refractivity contribution in [1.29, 1.82) is 0 Å². The van der Waals surface area contributed by atoms with E-state index < -0.39 is 30.7 Å². The Kier molecular flexibility index (Phi) is 7.87. The summed E-state index contributed by atoms with van der Waals surface area (Å²) in [5.74, 6) is 0. The first kappa shape index (κ1) is 16.9. The summed E-state index contributed by atoms with van der Waals surface area (Å²) in [4.78, 5) is 0. The minimum atomic E-state index is -1.21. The van der Waals surface area contributed by atoms with Gasteiger partial charge >= 0.3 is 0 Å². The van der Waals surface area contributed by atoms with Gasteiger partial charge < -0.3 is 24.8 Å². The third-order valence-electron chi connectivity index (χ3n) is 3.59. The van der Waals surface area contributed by atoms with Crippen LogP contribution in [0, 0.1) is 0 Å². The number of aliphatic hydroxyl groups is 3. The van der Waals surface area contributed by atoms with Crippen LogP contribution in [0.4, 0.5) is 0 Å². The molecule has 0 amide bonds. The fourth-order valence-corrected chi connectivity index (χ4v) is 2.23. The van der Waals surface area contributed by atoms with Gasteiger partial charge in [0.25, 0.3) is 0 Å². The number of hydrogen-bond donors (Lipinski definition) is 3. The second-order valence-corrected chi connectivity index (χ2v) is 5.32. The summed E-state index contributed by atoms with van der Waals surface area (Å²) in [6.45, 7) is 4.34. The molecule has 0 spiro atoms. The number of rotatable bonds is 8. The highest BCUT2D eigenvalue weighted by molar-refractivity contribution is 4.87. The molecule has 5 nitrogen and oxygen atoms in total. The van der Waals surface area contributed by atoms with Crippen molar-refractivity contribution in [3.63, 3.8) is 0 Å². The van der Waals surface area contributed by atoms with Gasteiger partial charge in [-0.15, -0.1) is 0 Å². The molecule has 1 aliphatic rings. The van der Waals surface area contributed by atoms with E-state index in [2.05, 4.69) is 6.92 Å². The molecule has 1 unspecified atom stereocenters. The molecule has 114 valence electrons. The Morgan fingerprint density at radius 3 is 2.21 bits per heavy atom. The van der Waals surface area contributed by atoms with Crippen LogP contribution in [0.25, 0.3) is 0 Å². The third-order valence-corrected chi connectivity index (χ3v) is 3.59. The summed E-state index contributed by atoms with van der Waals surface area (Å²) in [5, 5.41) is 28.9. The van der Waals surface area contributed by atoms with Gasteiger partial charge in [-0.3, -0.25) is 0 Å². The first-order chi connectivity index (χ1) is 9.07. The lowest BCUT2D eigenvalue weighted by Crippen LogP contribution is -2.57. The van der Waals surface area contributed by atoms with Crippen molar-refractivity contribution in [2.24, 2.45) is 0 Å². The van der Waals surface area contributed by atoms with Gasteiger partial charge in [-0.2, -0.15) is 0 Å². The molecule has 1 aliphatic heterocycles. The van der Waals surface area contributed by atoms with Gasteiger partial charge in [0.15, 0.2) is 6.29 Å². The van der Waals surface area contributed by atoms with Crippen LogP contribution < -0.4 is 0 Å². The Labute approximate surface area is 115 Å². The Balaban J connectivity index is 2.15. The highest BCUT2D eigenvalue weighted by Gasteiger charge is 2.42. The molecular formula is C14H28O5. The predicted octanol–water partition coefficient (Wildman–Crippen LogP) is 1.19. The van der Waals surface area contributed by atoms with Gasteiger partial charge in [0, 0.05) is 6.61 Å². The average Bonchev–Trinajstić information content (AvgIpc) is 2.41. The monoisotopic (exact) mass is 276 g/mol. The average molecular weight is 276 g/mol. The van der Waals surface area contributed by atoms with Crippen LogP contribution in [-0.4, -0.2) is 52.6 Å². The molecule has 1 heterocycles. The number of aliphatic hydroxyl groups excluding tert-OH is 3. The normalized spacial score (nSPS) is 35.5. The predicted molar refractivity (Wildman–Crippen MR) is 71.7 cm³/mol.